The van der Waals surface area contributed by atoms with E-state index in [2.05, 4.69) is 15.0 Å². The molecule has 0 aliphatic carbocycles. The molecule has 2 aromatic heterocycles. The molecule has 0 aliphatic rings. The molecule has 11 nitrogen and oxygen atoms in total. The first-order chi connectivity index (χ1) is 14.7. The van der Waals surface area contributed by atoms with E-state index in [1.165, 1.54) is 53.8 Å². The average molecular weight is 437 g/mol. The van der Waals surface area contributed by atoms with Crippen LogP contribution in [0.3, 0.4) is 0 Å². The molecule has 0 unspecified atom stereocenters. The third-order valence-electron chi connectivity index (χ3n) is 4.24. The van der Waals surface area contributed by atoms with E-state index in [1.54, 1.807) is 0 Å². The molecule has 0 aliphatic heterocycles. The molecule has 3 rings (SSSR count). The molecule has 0 atom stereocenters. The molecular weight excluding hydrogens is 420 g/mol. The number of ether oxygens (including phenoxy) is 2. The van der Waals surface area contributed by atoms with Crippen LogP contribution in [0.5, 0.6) is 5.75 Å². The third kappa shape index (κ3) is 4.76. The van der Waals surface area contributed by atoms with Gasteiger partial charge in [0.2, 0.25) is 0 Å². The first-order valence-electron chi connectivity index (χ1n) is 8.78. The summed E-state index contributed by atoms with van der Waals surface area (Å²) >= 11 is 0. The quantitative estimate of drug-likeness (QED) is 0.524. The largest absolute Gasteiger partial charge is 0.454 e. The highest BCUT2D eigenvalue weighted by Gasteiger charge is 2.17. The minimum Gasteiger partial charge on any atom is -0.454 e. The van der Waals surface area contributed by atoms with Gasteiger partial charge >= 0.3 is 18.3 Å². The second-order valence-electron chi connectivity index (χ2n) is 6.36. The summed E-state index contributed by atoms with van der Waals surface area (Å²) in [4.78, 5) is 52.3. The number of halogens is 2. The van der Waals surface area contributed by atoms with Gasteiger partial charge in [0.25, 0.3) is 11.5 Å². The van der Waals surface area contributed by atoms with Gasteiger partial charge in [0.05, 0.1) is 6.33 Å². The van der Waals surface area contributed by atoms with Crippen LogP contribution < -0.4 is 21.3 Å². The highest BCUT2D eigenvalue weighted by Crippen LogP contribution is 2.17. The summed E-state index contributed by atoms with van der Waals surface area (Å²) in [6.45, 7) is -3.98. The summed E-state index contributed by atoms with van der Waals surface area (Å²) in [5.41, 5.74) is -0.751. The van der Waals surface area contributed by atoms with E-state index in [9.17, 15) is 28.0 Å². The predicted octanol–water partition coefficient (Wildman–Crippen LogP) is 0.217. The summed E-state index contributed by atoms with van der Waals surface area (Å²) < 4.78 is 36.6. The maximum absolute atomic E-state index is 12.3. The van der Waals surface area contributed by atoms with E-state index in [1.807, 2.05) is 0 Å². The van der Waals surface area contributed by atoms with Gasteiger partial charge in [-0.05, 0) is 24.3 Å². The van der Waals surface area contributed by atoms with Crippen LogP contribution >= 0.6 is 0 Å². The fraction of sp³-hybridized carbons (Fsp3) is 0.278. The van der Waals surface area contributed by atoms with Gasteiger partial charge in [-0.2, -0.15) is 8.78 Å². The zero-order valence-corrected chi connectivity index (χ0v) is 16.4. The van der Waals surface area contributed by atoms with E-state index in [0.29, 0.717) is 0 Å². The highest BCUT2D eigenvalue weighted by atomic mass is 19.3. The second kappa shape index (κ2) is 8.77. The van der Waals surface area contributed by atoms with Crippen molar-refractivity contribution in [3.63, 3.8) is 0 Å². The van der Waals surface area contributed by atoms with Gasteiger partial charge in [-0.3, -0.25) is 23.5 Å². The number of amides is 1. The number of carbonyl (C=O) groups is 2. The Bertz CT molecular complexity index is 1250. The summed E-state index contributed by atoms with van der Waals surface area (Å²) in [5.74, 6) is -1.55. The number of nitrogens with one attached hydrogen (secondary N) is 1. The molecule has 0 spiro atoms. The van der Waals surface area contributed by atoms with Crippen LogP contribution in [0.25, 0.3) is 11.2 Å². The van der Waals surface area contributed by atoms with Crippen LogP contribution in [-0.2, 0) is 35.0 Å². The molecule has 13 heteroatoms. The molecule has 164 valence electrons. The van der Waals surface area contributed by atoms with Crippen molar-refractivity contribution in [2.45, 2.75) is 13.2 Å². The number of hydrogen-bond donors (Lipinski definition) is 1. The molecule has 2 heterocycles. The summed E-state index contributed by atoms with van der Waals surface area (Å²) in [7, 11) is 2.74. The van der Waals surface area contributed by atoms with Crippen molar-refractivity contribution in [1.82, 2.24) is 18.7 Å². The van der Waals surface area contributed by atoms with Crippen LogP contribution in [0.2, 0.25) is 0 Å². The van der Waals surface area contributed by atoms with Gasteiger partial charge in [0, 0.05) is 19.8 Å². The SMILES string of the molecule is Cn1c(=O)c2c(ncn2CC(=O)OCC(=O)Nc2ccc(OC(F)F)cc2)n(C)c1=O. The van der Waals surface area contributed by atoms with Crippen molar-refractivity contribution < 1.29 is 27.8 Å². The Morgan fingerprint density at radius 2 is 1.81 bits per heavy atom. The lowest BCUT2D eigenvalue weighted by molar-refractivity contribution is -0.147. The number of carbonyl (C=O) groups excluding carboxylic acids is 2. The van der Waals surface area contributed by atoms with Crippen molar-refractivity contribution in [3.05, 3.63) is 51.4 Å². The fourth-order valence-electron chi connectivity index (χ4n) is 2.76. The molecule has 0 bridgehead atoms. The number of fused-ring (bicyclic) bond motifs is 1. The number of aryl methyl sites for hydroxylation is 1. The van der Waals surface area contributed by atoms with Crippen molar-refractivity contribution in [1.29, 1.82) is 0 Å². The second-order valence-corrected chi connectivity index (χ2v) is 6.36. The van der Waals surface area contributed by atoms with E-state index in [0.717, 1.165) is 4.57 Å². The maximum atomic E-state index is 12.3. The Labute approximate surface area is 172 Å². The van der Waals surface area contributed by atoms with E-state index >= 15 is 0 Å². The van der Waals surface area contributed by atoms with E-state index < -0.39 is 42.9 Å². The lowest BCUT2D eigenvalue weighted by Crippen LogP contribution is -2.37. The number of alkyl halides is 2. The number of benzene rings is 1. The minimum absolute atomic E-state index is 0.0390. The van der Waals surface area contributed by atoms with Crippen LogP contribution in [-0.4, -0.2) is 43.8 Å². The summed E-state index contributed by atoms with van der Waals surface area (Å²) in [5, 5.41) is 2.43. The monoisotopic (exact) mass is 437 g/mol. The zero-order chi connectivity index (χ0) is 22.7. The number of anilines is 1. The Morgan fingerprint density at radius 3 is 2.45 bits per heavy atom. The molecule has 1 N–H and O–H groups in total. The highest BCUT2D eigenvalue weighted by molar-refractivity contribution is 5.92. The third-order valence-corrected chi connectivity index (χ3v) is 4.24. The predicted molar refractivity (Wildman–Crippen MR) is 103 cm³/mol. The van der Waals surface area contributed by atoms with Crippen LogP contribution in [0.1, 0.15) is 0 Å². The van der Waals surface area contributed by atoms with Crippen LogP contribution in [0.15, 0.2) is 40.2 Å². The van der Waals surface area contributed by atoms with Gasteiger partial charge in [-0.15, -0.1) is 0 Å². The standard InChI is InChI=1S/C18H17F2N5O6/c1-23-15-14(16(28)24(2)18(23)29)25(9-21-15)7-13(27)30-8-12(26)22-10-3-5-11(6-4-10)31-17(19)20/h3-6,9,17H,7-8H2,1-2H3,(H,22,26). The summed E-state index contributed by atoms with van der Waals surface area (Å²) in [6, 6.07) is 5.17. The molecule has 0 saturated carbocycles. The first-order valence-corrected chi connectivity index (χ1v) is 8.78. The number of imidazole rings is 1. The van der Waals surface area contributed by atoms with Gasteiger partial charge in [-0.1, -0.05) is 0 Å². The maximum Gasteiger partial charge on any atom is 0.387 e. The molecule has 0 saturated heterocycles. The normalized spacial score (nSPS) is 11.0. The van der Waals surface area contributed by atoms with Crippen molar-refractivity contribution >= 4 is 28.7 Å². The Hall–Kier alpha value is -4.03. The molecule has 31 heavy (non-hydrogen) atoms. The van der Waals surface area contributed by atoms with E-state index in [4.69, 9.17) is 4.74 Å². The smallest absolute Gasteiger partial charge is 0.387 e. The number of nitrogens with zero attached hydrogens (tertiary/aromatic N) is 4. The Kier molecular flexibility index (Phi) is 6.13. The van der Waals surface area contributed by atoms with Crippen molar-refractivity contribution in [2.24, 2.45) is 14.1 Å². The Balaban J connectivity index is 1.60. The molecule has 3 aromatic rings. The van der Waals surface area contributed by atoms with Crippen molar-refractivity contribution in [2.75, 3.05) is 11.9 Å². The lowest BCUT2D eigenvalue weighted by atomic mass is 10.3. The topological polar surface area (TPSA) is 126 Å². The number of esters is 1. The van der Waals surface area contributed by atoms with Gasteiger partial charge < -0.3 is 19.4 Å². The molecular formula is C18H17F2N5O6. The van der Waals surface area contributed by atoms with Crippen LogP contribution in [0, 0.1) is 0 Å². The average Bonchev–Trinajstić information content (AvgIpc) is 3.14. The van der Waals surface area contributed by atoms with Gasteiger partial charge in [-0.25, -0.2) is 9.78 Å². The number of rotatable bonds is 7. The van der Waals surface area contributed by atoms with E-state index in [-0.39, 0.29) is 22.6 Å². The number of aromatic nitrogens is 4. The lowest BCUT2D eigenvalue weighted by Gasteiger charge is -2.09. The van der Waals surface area contributed by atoms with Gasteiger partial charge in [0.15, 0.2) is 17.8 Å². The molecule has 0 fully saturated rings. The minimum atomic E-state index is -2.96. The van der Waals surface area contributed by atoms with Gasteiger partial charge in [0.1, 0.15) is 12.3 Å². The molecule has 0 radical (unpaired) electrons. The zero-order valence-electron chi connectivity index (χ0n) is 16.4. The molecule has 1 amide bonds. The fourth-order valence-corrected chi connectivity index (χ4v) is 2.76. The van der Waals surface area contributed by atoms with Crippen LogP contribution in [0.4, 0.5) is 14.5 Å². The van der Waals surface area contributed by atoms with Crippen molar-refractivity contribution in [3.8, 4) is 5.75 Å². The molecule has 1 aromatic carbocycles. The number of hydrogen-bond acceptors (Lipinski definition) is 7. The summed E-state index contributed by atoms with van der Waals surface area (Å²) in [6.07, 6.45) is 1.22. The Morgan fingerprint density at radius 1 is 1.13 bits per heavy atom. The first kappa shape index (κ1) is 21.7.